The van der Waals surface area contributed by atoms with E-state index in [9.17, 15) is 22.0 Å². The van der Waals surface area contributed by atoms with Crippen LogP contribution in [0.3, 0.4) is 0 Å². The molecule has 0 aliphatic carbocycles. The summed E-state index contributed by atoms with van der Waals surface area (Å²) in [6.45, 7) is 0. The van der Waals surface area contributed by atoms with E-state index in [0.29, 0.717) is 12.1 Å². The maximum Gasteiger partial charge on any atom is 0.145 e. The summed E-state index contributed by atoms with van der Waals surface area (Å²) in [6.07, 6.45) is 0. The summed E-state index contributed by atoms with van der Waals surface area (Å²) in [5, 5.41) is 2.44. The maximum atomic E-state index is 14.1. The molecule has 21 heavy (non-hydrogen) atoms. The maximum absolute atomic E-state index is 14.1. The Hall–Kier alpha value is -1.47. The first-order valence-electron chi connectivity index (χ1n) is 5.82. The molecule has 0 saturated heterocycles. The number of hydrogen-bond donors (Lipinski definition) is 1. The number of hydrogen-bond acceptors (Lipinski definition) is 1. The van der Waals surface area contributed by atoms with Gasteiger partial charge in [-0.2, -0.15) is 0 Å². The highest BCUT2D eigenvalue weighted by molar-refractivity contribution is 9.10. The van der Waals surface area contributed by atoms with Crippen molar-refractivity contribution in [2.24, 2.45) is 0 Å². The molecule has 1 atom stereocenters. The van der Waals surface area contributed by atoms with Gasteiger partial charge >= 0.3 is 0 Å². The SMILES string of the molecule is CNC(c1c(F)cc(F)cc1F)c1c(F)ccc(Br)c1F. The first-order chi connectivity index (χ1) is 9.86. The number of halogens is 6. The zero-order valence-corrected chi connectivity index (χ0v) is 12.2. The Morgan fingerprint density at radius 2 is 1.48 bits per heavy atom. The van der Waals surface area contributed by atoms with Crippen LogP contribution in [0.1, 0.15) is 17.2 Å². The molecule has 0 aromatic heterocycles. The van der Waals surface area contributed by atoms with Gasteiger partial charge in [-0.15, -0.1) is 0 Å². The van der Waals surface area contributed by atoms with Gasteiger partial charge in [-0.25, -0.2) is 22.0 Å². The van der Waals surface area contributed by atoms with Gasteiger partial charge in [-0.1, -0.05) is 0 Å². The van der Waals surface area contributed by atoms with Gasteiger partial charge in [0.2, 0.25) is 0 Å². The monoisotopic (exact) mass is 365 g/mol. The molecule has 0 fully saturated rings. The molecule has 0 aliphatic heterocycles. The van der Waals surface area contributed by atoms with E-state index in [4.69, 9.17) is 0 Å². The van der Waals surface area contributed by atoms with E-state index >= 15 is 0 Å². The van der Waals surface area contributed by atoms with Crippen molar-refractivity contribution in [1.82, 2.24) is 5.32 Å². The van der Waals surface area contributed by atoms with E-state index in [-0.39, 0.29) is 4.47 Å². The highest BCUT2D eigenvalue weighted by Crippen LogP contribution is 2.33. The zero-order valence-electron chi connectivity index (χ0n) is 10.7. The Bertz CT molecular complexity index is 666. The smallest absolute Gasteiger partial charge is 0.145 e. The van der Waals surface area contributed by atoms with Gasteiger partial charge in [0.25, 0.3) is 0 Å². The minimum absolute atomic E-state index is 0.0536. The molecular formula is C14H9BrF5N. The molecule has 0 amide bonds. The van der Waals surface area contributed by atoms with E-state index in [1.807, 2.05) is 0 Å². The second kappa shape index (κ2) is 6.11. The quantitative estimate of drug-likeness (QED) is 0.625. The summed E-state index contributed by atoms with van der Waals surface area (Å²) >= 11 is 2.88. The molecule has 112 valence electrons. The molecule has 1 unspecified atom stereocenters. The predicted octanol–water partition coefficient (Wildman–Crippen LogP) is 4.45. The van der Waals surface area contributed by atoms with Gasteiger partial charge in [0.15, 0.2) is 0 Å². The van der Waals surface area contributed by atoms with Gasteiger partial charge in [-0.3, -0.25) is 0 Å². The third-order valence-corrected chi connectivity index (χ3v) is 3.60. The van der Waals surface area contributed by atoms with Crippen LogP contribution in [0.25, 0.3) is 0 Å². The summed E-state index contributed by atoms with van der Waals surface area (Å²) in [7, 11) is 1.28. The minimum Gasteiger partial charge on any atom is -0.309 e. The number of benzene rings is 2. The van der Waals surface area contributed by atoms with Crippen LogP contribution in [0.15, 0.2) is 28.7 Å². The molecular weight excluding hydrogens is 357 g/mol. The molecule has 7 heteroatoms. The summed E-state index contributed by atoms with van der Waals surface area (Å²) < 4.78 is 68.5. The van der Waals surface area contributed by atoms with E-state index in [0.717, 1.165) is 12.1 Å². The first-order valence-corrected chi connectivity index (χ1v) is 6.61. The van der Waals surface area contributed by atoms with Crippen molar-refractivity contribution in [2.45, 2.75) is 6.04 Å². The molecule has 0 aliphatic rings. The third-order valence-electron chi connectivity index (χ3n) is 2.99. The summed E-state index contributed by atoms with van der Waals surface area (Å²) in [4.78, 5) is 0. The fourth-order valence-corrected chi connectivity index (χ4v) is 2.42. The first kappa shape index (κ1) is 15.9. The largest absolute Gasteiger partial charge is 0.309 e. The van der Waals surface area contributed by atoms with Crippen molar-refractivity contribution in [2.75, 3.05) is 7.05 Å². The van der Waals surface area contributed by atoms with Crippen LogP contribution in [0, 0.1) is 29.1 Å². The van der Waals surface area contributed by atoms with Crippen molar-refractivity contribution < 1.29 is 22.0 Å². The Kier molecular flexibility index (Phi) is 4.63. The fourth-order valence-electron chi connectivity index (χ4n) is 2.07. The van der Waals surface area contributed by atoms with Crippen molar-refractivity contribution in [3.8, 4) is 0 Å². The van der Waals surface area contributed by atoms with Crippen LogP contribution in [-0.4, -0.2) is 7.05 Å². The molecule has 1 nitrogen and oxygen atoms in total. The molecule has 0 radical (unpaired) electrons. The molecule has 0 bridgehead atoms. The second-order valence-electron chi connectivity index (χ2n) is 4.26. The number of rotatable bonds is 3. The fraction of sp³-hybridized carbons (Fsp3) is 0.143. The van der Waals surface area contributed by atoms with Crippen LogP contribution in [0.5, 0.6) is 0 Å². The molecule has 2 aromatic rings. The molecule has 0 saturated carbocycles. The average molecular weight is 366 g/mol. The predicted molar refractivity (Wildman–Crippen MR) is 71.3 cm³/mol. The van der Waals surface area contributed by atoms with Crippen LogP contribution in [0.2, 0.25) is 0 Å². The van der Waals surface area contributed by atoms with E-state index in [1.54, 1.807) is 0 Å². The molecule has 2 rings (SSSR count). The van der Waals surface area contributed by atoms with Gasteiger partial charge in [0.05, 0.1) is 10.5 Å². The summed E-state index contributed by atoms with van der Waals surface area (Å²) in [6, 6.07) is 1.57. The average Bonchev–Trinajstić information content (AvgIpc) is 2.40. The minimum atomic E-state index is -1.44. The van der Waals surface area contributed by atoms with Crippen molar-refractivity contribution in [3.05, 3.63) is 69.0 Å². The molecule has 2 aromatic carbocycles. The van der Waals surface area contributed by atoms with Crippen molar-refractivity contribution >= 4 is 15.9 Å². The summed E-state index contributed by atoms with van der Waals surface area (Å²) in [5.74, 6) is -5.54. The Morgan fingerprint density at radius 3 is 2.00 bits per heavy atom. The molecule has 0 spiro atoms. The molecule has 1 N–H and O–H groups in total. The van der Waals surface area contributed by atoms with Gasteiger partial charge in [-0.05, 0) is 35.1 Å². The highest BCUT2D eigenvalue weighted by atomic mass is 79.9. The van der Waals surface area contributed by atoms with Crippen molar-refractivity contribution in [1.29, 1.82) is 0 Å². The van der Waals surface area contributed by atoms with Crippen LogP contribution in [0.4, 0.5) is 22.0 Å². The number of nitrogens with one attached hydrogen (secondary N) is 1. The Labute approximate surface area is 125 Å². The Balaban J connectivity index is 2.69. The lowest BCUT2D eigenvalue weighted by molar-refractivity contribution is 0.473. The van der Waals surface area contributed by atoms with Gasteiger partial charge < -0.3 is 5.32 Å². The third kappa shape index (κ3) is 2.94. The molecule has 0 heterocycles. The topological polar surface area (TPSA) is 12.0 Å². The second-order valence-corrected chi connectivity index (χ2v) is 5.12. The lowest BCUT2D eigenvalue weighted by Crippen LogP contribution is -2.23. The zero-order chi connectivity index (χ0) is 15.7. The normalized spacial score (nSPS) is 12.5. The lowest BCUT2D eigenvalue weighted by atomic mass is 9.96. The standard InChI is InChI=1S/C14H9BrF5N/c1-21-14(11-9(18)4-6(16)5-10(11)19)12-8(17)3-2-7(15)13(12)20/h2-5,14,21H,1H3. The van der Waals surface area contributed by atoms with Gasteiger partial charge in [0, 0.05) is 23.3 Å². The highest BCUT2D eigenvalue weighted by Gasteiger charge is 2.27. The van der Waals surface area contributed by atoms with Crippen LogP contribution in [-0.2, 0) is 0 Å². The van der Waals surface area contributed by atoms with Gasteiger partial charge in [0.1, 0.15) is 29.1 Å². The summed E-state index contributed by atoms with van der Waals surface area (Å²) in [5.41, 5.74) is -1.22. The van der Waals surface area contributed by atoms with E-state index in [2.05, 4.69) is 21.2 Å². The van der Waals surface area contributed by atoms with Crippen LogP contribution >= 0.6 is 15.9 Å². The Morgan fingerprint density at radius 1 is 0.905 bits per heavy atom. The van der Waals surface area contributed by atoms with Crippen LogP contribution < -0.4 is 5.32 Å². The lowest BCUT2D eigenvalue weighted by Gasteiger charge is -2.20. The van der Waals surface area contributed by atoms with Crippen molar-refractivity contribution in [3.63, 3.8) is 0 Å². The van der Waals surface area contributed by atoms with E-state index in [1.165, 1.54) is 7.05 Å². The van der Waals surface area contributed by atoms with E-state index < -0.39 is 46.3 Å².